The molecule has 2 rings (SSSR count). The Labute approximate surface area is 126 Å². The van der Waals surface area contributed by atoms with Crippen molar-refractivity contribution in [2.45, 2.75) is 19.4 Å². The van der Waals surface area contributed by atoms with Gasteiger partial charge >= 0.3 is 0 Å². The first-order valence-corrected chi connectivity index (χ1v) is 6.89. The summed E-state index contributed by atoms with van der Waals surface area (Å²) in [5.41, 5.74) is 5.51. The van der Waals surface area contributed by atoms with Crippen LogP contribution in [0.3, 0.4) is 0 Å². The van der Waals surface area contributed by atoms with Gasteiger partial charge in [-0.1, -0.05) is 18.5 Å². The van der Waals surface area contributed by atoms with Gasteiger partial charge in [0.1, 0.15) is 0 Å². The number of aliphatic hydroxyl groups is 1. The Morgan fingerprint density at radius 3 is 2.86 bits per heavy atom. The van der Waals surface area contributed by atoms with Gasteiger partial charge in [-0.3, -0.25) is 14.9 Å². The molecule has 0 aliphatic carbocycles. The van der Waals surface area contributed by atoms with Crippen LogP contribution in [0.15, 0.2) is 12.1 Å². The van der Waals surface area contributed by atoms with Gasteiger partial charge in [0, 0.05) is 18.7 Å². The number of rotatable bonds is 3. The van der Waals surface area contributed by atoms with Crippen molar-refractivity contribution < 1.29 is 14.8 Å². The number of likely N-dealkylation sites (tertiary alicyclic amines) is 1. The van der Waals surface area contributed by atoms with Gasteiger partial charge in [-0.15, -0.1) is 0 Å². The monoisotopic (exact) mass is 313 g/mol. The van der Waals surface area contributed by atoms with E-state index in [1.165, 1.54) is 4.90 Å². The Morgan fingerprint density at radius 2 is 2.29 bits per heavy atom. The number of carbonyl (C=O) groups excluding carboxylic acids is 1. The number of hydrogen-bond acceptors (Lipinski definition) is 5. The van der Waals surface area contributed by atoms with Gasteiger partial charge in [0.25, 0.3) is 11.6 Å². The summed E-state index contributed by atoms with van der Waals surface area (Å²) in [6.07, 6.45) is 0.763. The van der Waals surface area contributed by atoms with E-state index in [-0.39, 0.29) is 40.5 Å². The number of aliphatic hydroxyl groups excluding tert-OH is 1. The number of nitro groups is 1. The third-order valence-electron chi connectivity index (χ3n) is 3.89. The molecular weight excluding hydrogens is 298 g/mol. The normalized spacial score (nSPS) is 21.6. The van der Waals surface area contributed by atoms with Crippen LogP contribution in [0.4, 0.5) is 11.4 Å². The van der Waals surface area contributed by atoms with Gasteiger partial charge < -0.3 is 15.7 Å². The lowest BCUT2D eigenvalue weighted by Gasteiger charge is -2.25. The molecular formula is C13H16ClN3O4. The van der Waals surface area contributed by atoms with Crippen molar-refractivity contribution in [3.05, 3.63) is 32.8 Å². The lowest BCUT2D eigenvalue weighted by atomic mass is 10.0. The topological polar surface area (TPSA) is 110 Å². The first-order chi connectivity index (χ1) is 9.86. The zero-order chi connectivity index (χ0) is 15.7. The minimum absolute atomic E-state index is 0.00162. The van der Waals surface area contributed by atoms with Gasteiger partial charge in [-0.05, 0) is 12.3 Å². The molecule has 1 aliphatic heterocycles. The number of nitrogens with zero attached hydrogens (tertiary/aromatic N) is 2. The molecule has 0 bridgehead atoms. The lowest BCUT2D eigenvalue weighted by Crippen LogP contribution is -2.40. The fraction of sp³-hybridized carbons (Fsp3) is 0.462. The van der Waals surface area contributed by atoms with Crippen LogP contribution in [-0.4, -0.2) is 40.0 Å². The molecule has 8 heteroatoms. The van der Waals surface area contributed by atoms with E-state index in [1.807, 2.05) is 6.92 Å². The molecule has 0 saturated carbocycles. The van der Waals surface area contributed by atoms with Gasteiger partial charge in [0.15, 0.2) is 0 Å². The molecule has 1 amide bonds. The van der Waals surface area contributed by atoms with Crippen LogP contribution in [0.2, 0.25) is 5.02 Å². The summed E-state index contributed by atoms with van der Waals surface area (Å²) in [4.78, 5) is 24.3. The Hall–Kier alpha value is -1.86. The molecule has 3 N–H and O–H groups in total. The molecule has 1 aromatic carbocycles. The number of halogens is 1. The van der Waals surface area contributed by atoms with Crippen molar-refractivity contribution in [2.75, 3.05) is 18.9 Å². The molecule has 0 radical (unpaired) electrons. The van der Waals surface area contributed by atoms with E-state index >= 15 is 0 Å². The third-order valence-corrected chi connectivity index (χ3v) is 4.20. The van der Waals surface area contributed by atoms with Crippen molar-refractivity contribution in [2.24, 2.45) is 5.92 Å². The Morgan fingerprint density at radius 1 is 1.62 bits per heavy atom. The van der Waals surface area contributed by atoms with Crippen LogP contribution in [-0.2, 0) is 0 Å². The molecule has 1 saturated heterocycles. The number of anilines is 1. The van der Waals surface area contributed by atoms with Crippen LogP contribution < -0.4 is 5.73 Å². The predicted octanol–water partition coefficient (Wildman–Crippen LogP) is 1.67. The number of non-ortho nitro benzene ring substituents is 1. The third kappa shape index (κ3) is 2.79. The van der Waals surface area contributed by atoms with Crippen molar-refractivity contribution >= 4 is 28.9 Å². The SMILES string of the molecule is CC1CCN(C(=O)c2cc([N+](=O)[O-])cc(Cl)c2N)C1CO. The van der Waals surface area contributed by atoms with E-state index < -0.39 is 10.8 Å². The van der Waals surface area contributed by atoms with Crippen molar-refractivity contribution in [1.29, 1.82) is 0 Å². The van der Waals surface area contributed by atoms with Crippen molar-refractivity contribution in [3.63, 3.8) is 0 Å². The second-order valence-corrected chi connectivity index (χ2v) is 5.57. The molecule has 1 fully saturated rings. The van der Waals surface area contributed by atoms with E-state index in [9.17, 15) is 20.0 Å². The number of nitrogens with two attached hydrogens (primary N) is 1. The highest BCUT2D eigenvalue weighted by Crippen LogP contribution is 2.32. The average molecular weight is 314 g/mol. The first-order valence-electron chi connectivity index (χ1n) is 6.52. The van der Waals surface area contributed by atoms with Crippen LogP contribution >= 0.6 is 11.6 Å². The predicted molar refractivity (Wildman–Crippen MR) is 78.2 cm³/mol. The molecule has 0 spiro atoms. The van der Waals surface area contributed by atoms with E-state index in [4.69, 9.17) is 17.3 Å². The van der Waals surface area contributed by atoms with Gasteiger partial charge in [0.05, 0.1) is 33.8 Å². The Balaban J connectivity index is 2.41. The molecule has 1 aromatic rings. The molecule has 0 aromatic heterocycles. The largest absolute Gasteiger partial charge is 0.397 e. The summed E-state index contributed by atoms with van der Waals surface area (Å²) < 4.78 is 0. The maximum atomic E-state index is 12.6. The summed E-state index contributed by atoms with van der Waals surface area (Å²) in [5, 5.41) is 20.3. The highest BCUT2D eigenvalue weighted by molar-refractivity contribution is 6.34. The van der Waals surface area contributed by atoms with Gasteiger partial charge in [-0.2, -0.15) is 0 Å². The minimum Gasteiger partial charge on any atom is -0.397 e. The zero-order valence-corrected chi connectivity index (χ0v) is 12.2. The van der Waals surface area contributed by atoms with E-state index in [1.54, 1.807) is 0 Å². The highest BCUT2D eigenvalue weighted by Gasteiger charge is 2.35. The molecule has 21 heavy (non-hydrogen) atoms. The fourth-order valence-corrected chi connectivity index (χ4v) is 2.79. The van der Waals surface area contributed by atoms with Crippen molar-refractivity contribution in [3.8, 4) is 0 Å². The van der Waals surface area contributed by atoms with Crippen LogP contribution in [0.25, 0.3) is 0 Å². The van der Waals surface area contributed by atoms with Crippen LogP contribution in [0, 0.1) is 16.0 Å². The second kappa shape index (κ2) is 5.87. The molecule has 2 atom stereocenters. The summed E-state index contributed by atoms with van der Waals surface area (Å²) in [5.74, 6) is -0.282. The van der Waals surface area contributed by atoms with E-state index in [2.05, 4.69) is 0 Å². The minimum atomic E-state index is -0.627. The average Bonchev–Trinajstić information content (AvgIpc) is 2.81. The maximum Gasteiger partial charge on any atom is 0.271 e. The second-order valence-electron chi connectivity index (χ2n) is 5.16. The van der Waals surface area contributed by atoms with Gasteiger partial charge in [-0.25, -0.2) is 0 Å². The smallest absolute Gasteiger partial charge is 0.271 e. The molecule has 114 valence electrons. The summed E-state index contributed by atoms with van der Waals surface area (Å²) in [7, 11) is 0. The number of nitrogen functional groups attached to an aromatic ring is 1. The zero-order valence-electron chi connectivity index (χ0n) is 11.5. The number of benzene rings is 1. The van der Waals surface area contributed by atoms with E-state index in [0.29, 0.717) is 6.54 Å². The molecule has 2 unspecified atom stereocenters. The first kappa shape index (κ1) is 15.5. The van der Waals surface area contributed by atoms with Crippen LogP contribution in [0.5, 0.6) is 0 Å². The lowest BCUT2D eigenvalue weighted by molar-refractivity contribution is -0.384. The number of carbonyl (C=O) groups is 1. The molecule has 1 aliphatic rings. The molecule has 7 nitrogen and oxygen atoms in total. The summed E-state index contributed by atoms with van der Waals surface area (Å²) in [6, 6.07) is 1.93. The maximum absolute atomic E-state index is 12.6. The van der Waals surface area contributed by atoms with E-state index in [0.717, 1.165) is 18.6 Å². The van der Waals surface area contributed by atoms with Crippen LogP contribution in [0.1, 0.15) is 23.7 Å². The number of nitro benzene ring substituents is 1. The summed E-state index contributed by atoms with van der Waals surface area (Å²) in [6.45, 7) is 2.26. The standard InChI is InChI=1S/C13H16ClN3O4/c1-7-2-3-16(11(7)6-18)13(19)9-4-8(17(20)21)5-10(14)12(9)15/h4-5,7,11,18H,2-3,6,15H2,1H3. The van der Waals surface area contributed by atoms with Crippen molar-refractivity contribution in [1.82, 2.24) is 4.90 Å². The summed E-state index contributed by atoms with van der Waals surface area (Å²) >= 11 is 5.86. The number of amides is 1. The Kier molecular flexibility index (Phi) is 4.34. The molecule has 1 heterocycles. The highest BCUT2D eigenvalue weighted by atomic mass is 35.5. The fourth-order valence-electron chi connectivity index (χ4n) is 2.58. The Bertz CT molecular complexity index is 593. The number of hydrogen-bond donors (Lipinski definition) is 2. The van der Waals surface area contributed by atoms with Gasteiger partial charge in [0.2, 0.25) is 0 Å². The quantitative estimate of drug-likeness (QED) is 0.501.